The monoisotopic (exact) mass is 356 g/mol. The molecule has 0 heterocycles. The van der Waals surface area contributed by atoms with E-state index in [1.807, 2.05) is 45.0 Å². The number of carbonyl (C=O) groups excluding carboxylic acids is 2. The molecule has 0 aliphatic carbocycles. The number of rotatable bonds is 7. The van der Waals surface area contributed by atoms with Crippen LogP contribution in [0.15, 0.2) is 48.5 Å². The predicted molar refractivity (Wildman–Crippen MR) is 101 cm³/mol. The summed E-state index contributed by atoms with van der Waals surface area (Å²) in [7, 11) is 0. The van der Waals surface area contributed by atoms with Gasteiger partial charge in [0.2, 0.25) is 11.8 Å². The van der Waals surface area contributed by atoms with Crippen molar-refractivity contribution in [3.05, 3.63) is 65.5 Å². The van der Waals surface area contributed by atoms with Gasteiger partial charge in [0.15, 0.2) is 0 Å². The lowest BCUT2D eigenvalue weighted by Gasteiger charge is -2.23. The predicted octanol–water partition coefficient (Wildman–Crippen LogP) is 3.84. The van der Waals surface area contributed by atoms with E-state index < -0.39 is 0 Å². The zero-order valence-electron chi connectivity index (χ0n) is 15.5. The highest BCUT2D eigenvalue weighted by Gasteiger charge is 2.15. The topological polar surface area (TPSA) is 49.4 Å². The Labute approximate surface area is 154 Å². The Morgan fingerprint density at radius 3 is 2.12 bits per heavy atom. The van der Waals surface area contributed by atoms with Crippen LogP contribution in [0.1, 0.15) is 38.3 Å². The van der Waals surface area contributed by atoms with Crippen LogP contribution in [0.5, 0.6) is 0 Å². The van der Waals surface area contributed by atoms with E-state index in [0.717, 1.165) is 16.8 Å². The number of carbonyl (C=O) groups is 2. The summed E-state index contributed by atoms with van der Waals surface area (Å²) in [5.74, 6) is -0.341. The number of benzene rings is 2. The van der Waals surface area contributed by atoms with Gasteiger partial charge in [0.25, 0.3) is 0 Å². The van der Waals surface area contributed by atoms with Crippen LogP contribution in [0.25, 0.3) is 0 Å². The molecule has 0 fully saturated rings. The van der Waals surface area contributed by atoms with Crippen LogP contribution >= 0.6 is 0 Å². The molecular formula is C21H25FN2O2. The van der Waals surface area contributed by atoms with E-state index in [4.69, 9.17) is 0 Å². The second-order valence-electron chi connectivity index (χ2n) is 6.53. The van der Waals surface area contributed by atoms with Crippen molar-refractivity contribution in [2.24, 2.45) is 0 Å². The van der Waals surface area contributed by atoms with Gasteiger partial charge in [0.1, 0.15) is 5.82 Å². The van der Waals surface area contributed by atoms with Crippen molar-refractivity contribution in [3.8, 4) is 0 Å². The molecule has 0 saturated heterocycles. The summed E-state index contributed by atoms with van der Waals surface area (Å²) in [5, 5.41) is 2.86. The van der Waals surface area contributed by atoms with Gasteiger partial charge in [0, 0.05) is 18.2 Å². The lowest BCUT2D eigenvalue weighted by molar-refractivity contribution is -0.121. The van der Waals surface area contributed by atoms with Gasteiger partial charge in [-0.15, -0.1) is 0 Å². The minimum absolute atomic E-state index is 0.0142. The number of amides is 2. The Morgan fingerprint density at radius 1 is 1.00 bits per heavy atom. The molecule has 0 aliphatic heterocycles. The Kier molecular flexibility index (Phi) is 6.89. The second-order valence-corrected chi connectivity index (χ2v) is 6.53. The number of hydrogen-bond donors (Lipinski definition) is 1. The molecule has 5 heteroatoms. The average molecular weight is 356 g/mol. The maximum Gasteiger partial charge on any atom is 0.227 e. The maximum absolute atomic E-state index is 13.1. The van der Waals surface area contributed by atoms with Crippen molar-refractivity contribution in [1.29, 1.82) is 0 Å². The number of halogens is 1. The Bertz CT molecular complexity index is 740. The minimum Gasteiger partial charge on any atom is -0.354 e. The highest BCUT2D eigenvalue weighted by Crippen LogP contribution is 2.20. The molecule has 0 unspecified atom stereocenters. The fourth-order valence-corrected chi connectivity index (χ4v) is 2.64. The molecule has 2 aromatic carbocycles. The molecule has 26 heavy (non-hydrogen) atoms. The highest BCUT2D eigenvalue weighted by atomic mass is 19.1. The summed E-state index contributed by atoms with van der Waals surface area (Å²) in [6.07, 6.45) is 0.678. The van der Waals surface area contributed by atoms with Crippen LogP contribution in [0.3, 0.4) is 0 Å². The number of nitrogens with zero attached hydrogens (tertiary/aromatic N) is 1. The van der Waals surface area contributed by atoms with Gasteiger partial charge in [0.05, 0.1) is 13.0 Å². The summed E-state index contributed by atoms with van der Waals surface area (Å²) < 4.78 is 13.1. The third-order valence-corrected chi connectivity index (χ3v) is 3.92. The van der Waals surface area contributed by atoms with Crippen molar-refractivity contribution < 1.29 is 14.0 Å². The van der Waals surface area contributed by atoms with Crippen LogP contribution in [-0.4, -0.2) is 17.9 Å². The average Bonchev–Trinajstić information content (AvgIpc) is 2.60. The van der Waals surface area contributed by atoms with Crippen molar-refractivity contribution >= 4 is 17.5 Å². The first-order chi connectivity index (χ1) is 12.4. The lowest BCUT2D eigenvalue weighted by atomic mass is 10.1. The van der Waals surface area contributed by atoms with Gasteiger partial charge >= 0.3 is 0 Å². The van der Waals surface area contributed by atoms with Gasteiger partial charge in [-0.05, 0) is 49.2 Å². The van der Waals surface area contributed by atoms with E-state index in [-0.39, 0.29) is 23.7 Å². The fourth-order valence-electron chi connectivity index (χ4n) is 2.64. The summed E-state index contributed by atoms with van der Waals surface area (Å²) in [5.41, 5.74) is 2.50. The van der Waals surface area contributed by atoms with Crippen LogP contribution < -0.4 is 10.2 Å². The van der Waals surface area contributed by atoms with Crippen LogP contribution in [-0.2, 0) is 22.6 Å². The van der Waals surface area contributed by atoms with Gasteiger partial charge in [-0.2, -0.15) is 0 Å². The standard InChI is InChI=1S/C21H25FN2O2/c1-4-21(26)24(14-17-5-9-18(22)10-6-17)19-11-7-16(8-12-19)13-20(25)23-15(2)3/h5-12,15H,4,13-14H2,1-3H3,(H,23,25). The van der Waals surface area contributed by atoms with Crippen LogP contribution in [0.2, 0.25) is 0 Å². The fraction of sp³-hybridized carbons (Fsp3) is 0.333. The molecule has 1 N–H and O–H groups in total. The number of hydrogen-bond acceptors (Lipinski definition) is 2. The SMILES string of the molecule is CCC(=O)N(Cc1ccc(F)cc1)c1ccc(CC(=O)NC(C)C)cc1. The first-order valence-electron chi connectivity index (χ1n) is 8.82. The first-order valence-corrected chi connectivity index (χ1v) is 8.82. The Balaban J connectivity index is 2.13. The largest absolute Gasteiger partial charge is 0.354 e. The Morgan fingerprint density at radius 2 is 1.58 bits per heavy atom. The molecule has 0 aliphatic rings. The lowest BCUT2D eigenvalue weighted by Crippen LogP contribution is -2.31. The zero-order valence-corrected chi connectivity index (χ0v) is 15.5. The molecule has 4 nitrogen and oxygen atoms in total. The number of anilines is 1. The number of nitrogens with one attached hydrogen (secondary N) is 1. The molecule has 0 aromatic heterocycles. The quantitative estimate of drug-likeness (QED) is 0.819. The molecule has 2 aromatic rings. The summed E-state index contributed by atoms with van der Waals surface area (Å²) in [6.45, 7) is 6.03. The van der Waals surface area contributed by atoms with E-state index in [1.165, 1.54) is 12.1 Å². The molecule has 0 spiro atoms. The summed E-state index contributed by atoms with van der Waals surface area (Å²) >= 11 is 0. The summed E-state index contributed by atoms with van der Waals surface area (Å²) in [6, 6.07) is 13.6. The van der Waals surface area contributed by atoms with Crippen molar-refractivity contribution in [2.75, 3.05) is 4.90 Å². The molecule has 0 saturated carbocycles. The van der Waals surface area contributed by atoms with Gasteiger partial charge in [-0.1, -0.05) is 31.2 Å². The molecular weight excluding hydrogens is 331 g/mol. The van der Waals surface area contributed by atoms with Gasteiger partial charge < -0.3 is 10.2 Å². The van der Waals surface area contributed by atoms with Crippen molar-refractivity contribution in [3.63, 3.8) is 0 Å². The maximum atomic E-state index is 13.1. The molecule has 0 radical (unpaired) electrons. The molecule has 2 amide bonds. The molecule has 138 valence electrons. The van der Waals surface area contributed by atoms with Gasteiger partial charge in [-0.25, -0.2) is 4.39 Å². The van der Waals surface area contributed by atoms with Crippen LogP contribution in [0.4, 0.5) is 10.1 Å². The van der Waals surface area contributed by atoms with Crippen molar-refractivity contribution in [2.45, 2.75) is 46.2 Å². The van der Waals surface area contributed by atoms with Gasteiger partial charge in [-0.3, -0.25) is 9.59 Å². The van der Waals surface area contributed by atoms with E-state index in [9.17, 15) is 14.0 Å². The second kappa shape index (κ2) is 9.13. The van der Waals surface area contributed by atoms with E-state index in [0.29, 0.717) is 19.4 Å². The molecule has 0 bridgehead atoms. The Hall–Kier alpha value is -2.69. The molecule has 0 atom stereocenters. The zero-order chi connectivity index (χ0) is 19.1. The summed E-state index contributed by atoms with van der Waals surface area (Å²) in [4.78, 5) is 25.9. The smallest absolute Gasteiger partial charge is 0.227 e. The highest BCUT2D eigenvalue weighted by molar-refractivity contribution is 5.93. The first kappa shape index (κ1) is 19.6. The minimum atomic E-state index is -0.300. The molecule has 2 rings (SSSR count). The normalized spacial score (nSPS) is 10.7. The van der Waals surface area contributed by atoms with Crippen LogP contribution in [0, 0.1) is 5.82 Å². The van der Waals surface area contributed by atoms with E-state index in [1.54, 1.807) is 17.0 Å². The third-order valence-electron chi connectivity index (χ3n) is 3.92. The van der Waals surface area contributed by atoms with E-state index in [2.05, 4.69) is 5.32 Å². The van der Waals surface area contributed by atoms with Crippen molar-refractivity contribution in [1.82, 2.24) is 5.32 Å². The van der Waals surface area contributed by atoms with E-state index >= 15 is 0 Å². The third kappa shape index (κ3) is 5.69.